The molecular weight excluding hydrogens is 701 g/mol. The maximum atomic E-state index is 14.3. The molecule has 1 atom stereocenters. The van der Waals surface area contributed by atoms with E-state index in [1.165, 1.54) is 7.11 Å². The lowest BCUT2D eigenvalue weighted by Gasteiger charge is -2.50. The SMILES string of the molecule is COc1nc(-c2cccc(-c3cccc4c3CC[C@@H]4Oc3nc(OC)c(CNCC(=O)O)cc3C(F)(F)F)c2Cl)ccc1CNC1(C)CC(C)(O)C1. The van der Waals surface area contributed by atoms with Crippen molar-refractivity contribution in [1.82, 2.24) is 20.6 Å². The van der Waals surface area contributed by atoms with Gasteiger partial charge in [-0.1, -0.05) is 54.1 Å². The minimum absolute atomic E-state index is 0.0451. The van der Waals surface area contributed by atoms with Crippen LogP contribution in [0.5, 0.6) is 17.6 Å². The number of aliphatic hydroxyl groups is 1. The fourth-order valence-electron chi connectivity index (χ4n) is 7.48. The summed E-state index contributed by atoms with van der Waals surface area (Å²) in [7, 11) is 2.84. The Morgan fingerprint density at radius 3 is 2.29 bits per heavy atom. The Morgan fingerprint density at radius 2 is 1.62 bits per heavy atom. The van der Waals surface area contributed by atoms with Crippen LogP contribution in [0.25, 0.3) is 22.4 Å². The summed E-state index contributed by atoms with van der Waals surface area (Å²) in [5.74, 6) is -1.43. The van der Waals surface area contributed by atoms with Crippen molar-refractivity contribution in [3.8, 4) is 40.0 Å². The number of alkyl halides is 3. The maximum Gasteiger partial charge on any atom is 0.421 e. The van der Waals surface area contributed by atoms with Crippen molar-refractivity contribution in [2.75, 3.05) is 20.8 Å². The molecule has 0 saturated heterocycles. The molecule has 2 heterocycles. The lowest BCUT2D eigenvalue weighted by Crippen LogP contribution is -2.60. The molecule has 2 aliphatic rings. The number of carbonyl (C=O) groups is 1. The van der Waals surface area contributed by atoms with E-state index in [0.29, 0.717) is 54.4 Å². The molecule has 4 N–H and O–H groups in total. The van der Waals surface area contributed by atoms with Crippen LogP contribution in [0.1, 0.15) is 67.0 Å². The van der Waals surface area contributed by atoms with Gasteiger partial charge < -0.3 is 35.1 Å². The third kappa shape index (κ3) is 7.82. The molecule has 2 aromatic carbocycles. The zero-order valence-corrected chi connectivity index (χ0v) is 29.9. The highest BCUT2D eigenvalue weighted by Crippen LogP contribution is 2.46. The van der Waals surface area contributed by atoms with Crippen LogP contribution >= 0.6 is 11.6 Å². The molecule has 14 heteroatoms. The molecule has 1 saturated carbocycles. The predicted molar refractivity (Wildman–Crippen MR) is 189 cm³/mol. The van der Waals surface area contributed by atoms with Crippen molar-refractivity contribution in [3.63, 3.8) is 0 Å². The van der Waals surface area contributed by atoms with Gasteiger partial charge in [0.1, 0.15) is 11.7 Å². The number of rotatable bonds is 13. The highest BCUT2D eigenvalue weighted by Gasteiger charge is 2.47. The third-order valence-corrected chi connectivity index (χ3v) is 9.94. The van der Waals surface area contributed by atoms with Crippen LogP contribution in [0.4, 0.5) is 13.2 Å². The fourth-order valence-corrected chi connectivity index (χ4v) is 7.80. The number of benzene rings is 2. The Hall–Kier alpha value is -4.43. The van der Waals surface area contributed by atoms with Crippen molar-refractivity contribution in [2.45, 2.75) is 76.0 Å². The van der Waals surface area contributed by atoms with Gasteiger partial charge in [-0.3, -0.25) is 4.79 Å². The van der Waals surface area contributed by atoms with Crippen molar-refractivity contribution in [2.24, 2.45) is 0 Å². The predicted octanol–water partition coefficient (Wildman–Crippen LogP) is 7.13. The number of aliphatic carboxylic acids is 1. The standard InChI is InChI=1S/C38H40ClF3N4O6/c1-36(19-37(2,49)20-36)44-17-21-11-13-29(45-33(21)50-3)27-10-6-9-26(32(27)39)23-7-5-8-25-24(23)12-14-30(25)52-35-28(38(40,41)42)15-22(34(46-35)51-4)16-43-18-31(47)48/h5-11,13,15,30,43-44,49H,12,14,16-20H2,1-4H3,(H,47,48)/t30-,36?,37?/m0/s1. The van der Waals surface area contributed by atoms with E-state index >= 15 is 0 Å². The number of nitrogens with zero attached hydrogens (tertiary/aromatic N) is 2. The number of ether oxygens (including phenoxy) is 3. The minimum atomic E-state index is -4.80. The Balaban J connectivity index is 1.27. The lowest BCUT2D eigenvalue weighted by atomic mass is 9.67. The summed E-state index contributed by atoms with van der Waals surface area (Å²) in [6, 6.07) is 15.9. The van der Waals surface area contributed by atoms with Gasteiger partial charge in [0.15, 0.2) is 0 Å². The Bertz CT molecular complexity index is 1980. The second-order valence-electron chi connectivity index (χ2n) is 13.8. The minimum Gasteiger partial charge on any atom is -0.481 e. The van der Waals surface area contributed by atoms with Gasteiger partial charge in [-0.2, -0.15) is 18.2 Å². The molecule has 0 bridgehead atoms. The molecular formula is C38H40ClF3N4O6. The van der Waals surface area contributed by atoms with Crippen LogP contribution in [-0.4, -0.2) is 58.1 Å². The largest absolute Gasteiger partial charge is 0.481 e. The van der Waals surface area contributed by atoms with Crippen molar-refractivity contribution in [3.05, 3.63) is 87.4 Å². The summed E-state index contributed by atoms with van der Waals surface area (Å²) in [5, 5.41) is 25.7. The first-order valence-corrected chi connectivity index (χ1v) is 17.2. The molecule has 276 valence electrons. The van der Waals surface area contributed by atoms with Gasteiger partial charge in [0.2, 0.25) is 17.6 Å². The van der Waals surface area contributed by atoms with Gasteiger partial charge in [0, 0.05) is 40.9 Å². The molecule has 0 radical (unpaired) electrons. The molecule has 1 fully saturated rings. The van der Waals surface area contributed by atoms with Crippen molar-refractivity contribution >= 4 is 17.6 Å². The number of hydrogen-bond donors (Lipinski definition) is 4. The fraction of sp³-hybridized carbons (Fsp3) is 0.395. The number of halogens is 4. The van der Waals surface area contributed by atoms with Gasteiger partial charge in [-0.15, -0.1) is 0 Å². The molecule has 6 rings (SSSR count). The average molecular weight is 741 g/mol. The highest BCUT2D eigenvalue weighted by atomic mass is 35.5. The topological polar surface area (TPSA) is 135 Å². The Labute approximate surface area is 304 Å². The van der Waals surface area contributed by atoms with Crippen molar-refractivity contribution in [1.29, 1.82) is 0 Å². The van der Waals surface area contributed by atoms with E-state index < -0.39 is 41.8 Å². The van der Waals surface area contributed by atoms with E-state index in [1.54, 1.807) is 7.11 Å². The zero-order valence-electron chi connectivity index (χ0n) is 29.2. The number of carboxylic acid groups (broad SMARTS) is 1. The normalized spacial score (nSPS) is 21.0. The maximum absolute atomic E-state index is 14.3. The molecule has 0 unspecified atom stereocenters. The number of pyridine rings is 2. The number of nitrogens with one attached hydrogen (secondary N) is 2. The Kier molecular flexibility index (Phi) is 10.4. The molecule has 0 aliphatic heterocycles. The lowest BCUT2D eigenvalue weighted by molar-refractivity contribution is -0.140. The van der Waals surface area contributed by atoms with Gasteiger partial charge in [0.05, 0.1) is 37.1 Å². The molecule has 2 aromatic heterocycles. The van der Waals surface area contributed by atoms with Crippen LogP contribution in [0.2, 0.25) is 5.02 Å². The van der Waals surface area contributed by atoms with E-state index in [9.17, 15) is 23.1 Å². The molecule has 4 aromatic rings. The molecule has 2 aliphatic carbocycles. The van der Waals surface area contributed by atoms with E-state index in [4.69, 9.17) is 35.9 Å². The number of aromatic nitrogens is 2. The molecule has 10 nitrogen and oxygen atoms in total. The van der Waals surface area contributed by atoms with E-state index in [0.717, 1.165) is 33.9 Å². The second-order valence-corrected chi connectivity index (χ2v) is 14.2. The van der Waals surface area contributed by atoms with E-state index in [-0.39, 0.29) is 23.5 Å². The van der Waals surface area contributed by atoms with E-state index in [1.807, 2.05) is 55.5 Å². The zero-order chi connectivity index (χ0) is 37.4. The summed E-state index contributed by atoms with van der Waals surface area (Å²) in [6.07, 6.45) is -3.31. The van der Waals surface area contributed by atoms with Crippen LogP contribution in [0.15, 0.2) is 54.6 Å². The van der Waals surface area contributed by atoms with Gasteiger partial charge >= 0.3 is 12.1 Å². The molecule has 0 spiro atoms. The smallest absolute Gasteiger partial charge is 0.421 e. The van der Waals surface area contributed by atoms with Gasteiger partial charge in [-0.25, -0.2) is 4.98 Å². The first-order valence-electron chi connectivity index (χ1n) is 16.8. The molecule has 0 amide bonds. The number of fused-ring (bicyclic) bond motifs is 1. The summed E-state index contributed by atoms with van der Waals surface area (Å²) < 4.78 is 59.7. The van der Waals surface area contributed by atoms with Gasteiger partial charge in [-0.05, 0) is 68.4 Å². The summed E-state index contributed by atoms with van der Waals surface area (Å²) in [4.78, 5) is 19.8. The number of methoxy groups -OCH3 is 2. The average Bonchev–Trinajstić information content (AvgIpc) is 3.49. The monoisotopic (exact) mass is 740 g/mol. The van der Waals surface area contributed by atoms with Gasteiger partial charge in [0.25, 0.3) is 0 Å². The van der Waals surface area contributed by atoms with Crippen LogP contribution < -0.4 is 24.8 Å². The first-order chi connectivity index (χ1) is 24.6. The summed E-state index contributed by atoms with van der Waals surface area (Å²) in [6.45, 7) is 3.78. The Morgan fingerprint density at radius 1 is 0.942 bits per heavy atom. The van der Waals surface area contributed by atoms with E-state index in [2.05, 4.69) is 22.5 Å². The highest BCUT2D eigenvalue weighted by molar-refractivity contribution is 6.36. The van der Waals surface area contributed by atoms with Crippen LogP contribution in [-0.2, 0) is 30.5 Å². The third-order valence-electron chi connectivity index (χ3n) is 9.53. The van der Waals surface area contributed by atoms with Crippen LogP contribution in [0.3, 0.4) is 0 Å². The van der Waals surface area contributed by atoms with Crippen molar-refractivity contribution < 1.29 is 42.4 Å². The number of carboxylic acids is 1. The summed E-state index contributed by atoms with van der Waals surface area (Å²) in [5.41, 5.74) is 3.46. The van der Waals surface area contributed by atoms with Crippen LogP contribution in [0, 0.1) is 0 Å². The number of hydrogen-bond acceptors (Lipinski definition) is 9. The molecule has 52 heavy (non-hydrogen) atoms. The first kappa shape index (κ1) is 37.3. The second kappa shape index (κ2) is 14.5. The summed E-state index contributed by atoms with van der Waals surface area (Å²) >= 11 is 7.09. The quantitative estimate of drug-likeness (QED) is 0.112.